The molecule has 2 N–H and O–H groups in total. The monoisotopic (exact) mass is 331 g/mol. The van der Waals surface area contributed by atoms with Gasteiger partial charge in [-0.25, -0.2) is 8.42 Å². The second kappa shape index (κ2) is 6.04. The number of carbonyl (C=O) groups is 1. The summed E-state index contributed by atoms with van der Waals surface area (Å²) in [5, 5.41) is 8.74. The molecule has 23 heavy (non-hydrogen) atoms. The second-order valence-electron chi connectivity index (χ2n) is 5.66. The summed E-state index contributed by atoms with van der Waals surface area (Å²) in [6, 6.07) is 11.5. The van der Waals surface area contributed by atoms with E-state index in [0.29, 0.717) is 11.3 Å². The standard InChI is InChI=1S/C17H17NO4S/c19-17(20)10-12-4-8-16(9-5-12)23(21,22)18-15-7-6-13-2-1-3-14(13)11-15/h4-9,11,18H,1-3,10H2,(H,19,20). The van der Waals surface area contributed by atoms with Gasteiger partial charge in [-0.3, -0.25) is 9.52 Å². The van der Waals surface area contributed by atoms with E-state index in [9.17, 15) is 13.2 Å². The van der Waals surface area contributed by atoms with E-state index in [-0.39, 0.29) is 11.3 Å². The zero-order valence-corrected chi connectivity index (χ0v) is 13.3. The number of hydrogen-bond donors (Lipinski definition) is 2. The Bertz CT molecular complexity index is 841. The lowest BCUT2D eigenvalue weighted by Gasteiger charge is -2.10. The van der Waals surface area contributed by atoms with Crippen LogP contribution in [0.5, 0.6) is 0 Å². The van der Waals surface area contributed by atoms with Crippen LogP contribution in [-0.2, 0) is 34.1 Å². The molecule has 0 amide bonds. The summed E-state index contributed by atoms with van der Waals surface area (Å²) in [6.45, 7) is 0. The van der Waals surface area contributed by atoms with Crippen molar-refractivity contribution in [2.24, 2.45) is 0 Å². The Kier molecular flexibility index (Phi) is 4.09. The highest BCUT2D eigenvalue weighted by Crippen LogP contribution is 2.26. The molecular weight excluding hydrogens is 314 g/mol. The molecule has 0 saturated heterocycles. The van der Waals surface area contributed by atoms with Gasteiger partial charge in [0.1, 0.15) is 0 Å². The number of sulfonamides is 1. The summed E-state index contributed by atoms with van der Waals surface area (Å²) in [7, 11) is -3.67. The minimum atomic E-state index is -3.67. The summed E-state index contributed by atoms with van der Waals surface area (Å²) >= 11 is 0. The van der Waals surface area contributed by atoms with Gasteiger partial charge in [0.05, 0.1) is 11.3 Å². The van der Waals surface area contributed by atoms with Crippen molar-refractivity contribution in [1.82, 2.24) is 0 Å². The van der Waals surface area contributed by atoms with E-state index in [0.717, 1.165) is 19.3 Å². The van der Waals surface area contributed by atoms with Gasteiger partial charge in [0, 0.05) is 5.69 Å². The van der Waals surface area contributed by atoms with E-state index in [2.05, 4.69) is 4.72 Å². The number of hydrogen-bond acceptors (Lipinski definition) is 3. The molecule has 0 aliphatic heterocycles. The summed E-state index contributed by atoms with van der Waals surface area (Å²) in [4.78, 5) is 10.8. The fourth-order valence-corrected chi connectivity index (χ4v) is 3.86. The smallest absolute Gasteiger partial charge is 0.307 e. The van der Waals surface area contributed by atoms with Crippen LogP contribution in [0.4, 0.5) is 5.69 Å². The Hall–Kier alpha value is -2.34. The molecule has 0 radical (unpaired) electrons. The van der Waals surface area contributed by atoms with Gasteiger partial charge in [-0.2, -0.15) is 0 Å². The number of rotatable bonds is 5. The van der Waals surface area contributed by atoms with E-state index in [4.69, 9.17) is 5.11 Å². The minimum Gasteiger partial charge on any atom is -0.481 e. The number of anilines is 1. The third kappa shape index (κ3) is 3.53. The predicted octanol–water partition coefficient (Wildman–Crippen LogP) is 2.60. The quantitative estimate of drug-likeness (QED) is 0.882. The molecule has 1 aliphatic rings. The number of carboxylic acids is 1. The third-order valence-electron chi connectivity index (χ3n) is 3.94. The maximum atomic E-state index is 12.4. The Labute approximate surface area is 135 Å². The molecule has 0 unspecified atom stereocenters. The molecule has 1 aliphatic carbocycles. The van der Waals surface area contributed by atoms with Crippen molar-refractivity contribution in [3.8, 4) is 0 Å². The van der Waals surface area contributed by atoms with Crippen molar-refractivity contribution in [1.29, 1.82) is 0 Å². The van der Waals surface area contributed by atoms with Gasteiger partial charge in [0.25, 0.3) is 10.0 Å². The molecule has 3 rings (SSSR count). The van der Waals surface area contributed by atoms with Crippen molar-refractivity contribution in [2.75, 3.05) is 4.72 Å². The second-order valence-corrected chi connectivity index (χ2v) is 7.34. The van der Waals surface area contributed by atoms with Crippen LogP contribution >= 0.6 is 0 Å². The molecule has 0 heterocycles. The van der Waals surface area contributed by atoms with Crippen LogP contribution in [0, 0.1) is 0 Å². The first-order valence-electron chi connectivity index (χ1n) is 7.39. The summed E-state index contributed by atoms with van der Waals surface area (Å²) in [5.41, 5.74) is 3.60. The van der Waals surface area contributed by atoms with Crippen LogP contribution < -0.4 is 4.72 Å². The number of fused-ring (bicyclic) bond motifs is 1. The minimum absolute atomic E-state index is 0.118. The Balaban J connectivity index is 1.80. The molecule has 2 aromatic carbocycles. The van der Waals surface area contributed by atoms with E-state index in [1.807, 2.05) is 12.1 Å². The van der Waals surface area contributed by atoms with Gasteiger partial charge in [0.2, 0.25) is 0 Å². The highest BCUT2D eigenvalue weighted by molar-refractivity contribution is 7.92. The number of nitrogens with one attached hydrogen (secondary N) is 1. The zero-order chi connectivity index (χ0) is 16.4. The first-order chi connectivity index (χ1) is 10.9. The lowest BCUT2D eigenvalue weighted by atomic mass is 10.1. The van der Waals surface area contributed by atoms with Crippen molar-refractivity contribution in [3.63, 3.8) is 0 Å². The van der Waals surface area contributed by atoms with Gasteiger partial charge in [-0.1, -0.05) is 18.2 Å². The molecule has 5 nitrogen and oxygen atoms in total. The normalized spacial score (nSPS) is 13.6. The average Bonchev–Trinajstić information content (AvgIpc) is 2.94. The van der Waals surface area contributed by atoms with E-state index in [1.165, 1.54) is 35.4 Å². The number of benzene rings is 2. The van der Waals surface area contributed by atoms with Crippen molar-refractivity contribution in [3.05, 3.63) is 59.2 Å². The highest BCUT2D eigenvalue weighted by atomic mass is 32.2. The van der Waals surface area contributed by atoms with Gasteiger partial charge in [0.15, 0.2) is 0 Å². The molecule has 120 valence electrons. The molecule has 0 atom stereocenters. The highest BCUT2D eigenvalue weighted by Gasteiger charge is 2.16. The Morgan fingerprint density at radius 3 is 2.43 bits per heavy atom. The topological polar surface area (TPSA) is 83.5 Å². The fraction of sp³-hybridized carbons (Fsp3) is 0.235. The zero-order valence-electron chi connectivity index (χ0n) is 12.5. The number of aliphatic carboxylic acids is 1. The van der Waals surface area contributed by atoms with E-state index < -0.39 is 16.0 Å². The van der Waals surface area contributed by atoms with Crippen LogP contribution in [0.25, 0.3) is 0 Å². The fourth-order valence-electron chi connectivity index (χ4n) is 2.81. The first kappa shape index (κ1) is 15.6. The van der Waals surface area contributed by atoms with E-state index >= 15 is 0 Å². The number of carboxylic acid groups (broad SMARTS) is 1. The average molecular weight is 331 g/mol. The Morgan fingerprint density at radius 2 is 1.74 bits per heavy atom. The molecule has 0 spiro atoms. The molecule has 0 aromatic heterocycles. The van der Waals surface area contributed by atoms with Gasteiger partial charge >= 0.3 is 5.97 Å². The van der Waals surface area contributed by atoms with Crippen LogP contribution in [0.1, 0.15) is 23.1 Å². The lowest BCUT2D eigenvalue weighted by Crippen LogP contribution is -2.13. The maximum absolute atomic E-state index is 12.4. The lowest BCUT2D eigenvalue weighted by molar-refractivity contribution is -0.136. The summed E-state index contributed by atoms with van der Waals surface area (Å²) in [5.74, 6) is -0.947. The molecule has 0 fully saturated rings. The van der Waals surface area contributed by atoms with Gasteiger partial charge in [-0.05, 0) is 60.2 Å². The number of aryl methyl sites for hydroxylation is 2. The molecular formula is C17H17NO4S. The Morgan fingerprint density at radius 1 is 1.04 bits per heavy atom. The van der Waals surface area contributed by atoms with Crippen LogP contribution in [0.3, 0.4) is 0 Å². The molecule has 6 heteroatoms. The summed E-state index contributed by atoms with van der Waals surface area (Å²) in [6.07, 6.45) is 3.01. The largest absolute Gasteiger partial charge is 0.481 e. The van der Waals surface area contributed by atoms with Crippen LogP contribution in [0.15, 0.2) is 47.4 Å². The maximum Gasteiger partial charge on any atom is 0.307 e. The van der Waals surface area contributed by atoms with E-state index in [1.54, 1.807) is 6.07 Å². The molecule has 0 bridgehead atoms. The molecule has 2 aromatic rings. The summed E-state index contributed by atoms with van der Waals surface area (Å²) < 4.78 is 27.4. The first-order valence-corrected chi connectivity index (χ1v) is 8.88. The van der Waals surface area contributed by atoms with Gasteiger partial charge < -0.3 is 5.11 Å². The van der Waals surface area contributed by atoms with Crippen molar-refractivity contribution in [2.45, 2.75) is 30.6 Å². The predicted molar refractivity (Wildman–Crippen MR) is 87.1 cm³/mol. The third-order valence-corrected chi connectivity index (χ3v) is 5.34. The van der Waals surface area contributed by atoms with Crippen LogP contribution in [-0.4, -0.2) is 19.5 Å². The van der Waals surface area contributed by atoms with Crippen LogP contribution in [0.2, 0.25) is 0 Å². The van der Waals surface area contributed by atoms with Crippen molar-refractivity contribution < 1.29 is 18.3 Å². The van der Waals surface area contributed by atoms with Crippen molar-refractivity contribution >= 4 is 21.7 Å². The SMILES string of the molecule is O=C(O)Cc1ccc(S(=O)(=O)Nc2ccc3c(c2)CCC3)cc1. The van der Waals surface area contributed by atoms with Gasteiger partial charge in [-0.15, -0.1) is 0 Å². The molecule has 0 saturated carbocycles.